The number of aryl methyl sites for hydroxylation is 1. The molecular weight excluding hydrogens is 292 g/mol. The summed E-state index contributed by atoms with van der Waals surface area (Å²) < 4.78 is 0. The Morgan fingerprint density at radius 1 is 1.26 bits per heavy atom. The van der Waals surface area contributed by atoms with Gasteiger partial charge in [-0.25, -0.2) is 9.97 Å². The fraction of sp³-hybridized carbons (Fsp3) is 0.438. The van der Waals surface area contributed by atoms with Crippen molar-refractivity contribution in [2.45, 2.75) is 25.7 Å². The van der Waals surface area contributed by atoms with Gasteiger partial charge in [-0.05, 0) is 19.8 Å². The Balaban J connectivity index is 1.73. The standard InChI is InChI=1S/C16H20N6O/c1-11-6-18-9-14(21-11)12-4-3-5-22(10-12)15(23)13-7-19-16(17-2)20-8-13/h6-9,12H,3-5,10H2,1-2H3,(H,17,19,20). The van der Waals surface area contributed by atoms with Crippen LogP contribution in [0.1, 0.15) is 40.5 Å². The van der Waals surface area contributed by atoms with E-state index in [2.05, 4.69) is 25.3 Å². The van der Waals surface area contributed by atoms with E-state index in [1.807, 2.05) is 11.8 Å². The molecule has 7 heteroatoms. The van der Waals surface area contributed by atoms with Gasteiger partial charge in [-0.2, -0.15) is 0 Å². The summed E-state index contributed by atoms with van der Waals surface area (Å²) in [6.07, 6.45) is 8.67. The topological polar surface area (TPSA) is 83.9 Å². The van der Waals surface area contributed by atoms with Crippen LogP contribution in [0.4, 0.5) is 5.95 Å². The fourth-order valence-corrected chi connectivity index (χ4v) is 2.83. The summed E-state index contributed by atoms with van der Waals surface area (Å²) >= 11 is 0. The molecule has 0 spiro atoms. The van der Waals surface area contributed by atoms with Gasteiger partial charge in [-0.15, -0.1) is 0 Å². The fourth-order valence-electron chi connectivity index (χ4n) is 2.83. The Labute approximate surface area is 135 Å². The molecule has 3 heterocycles. The van der Waals surface area contributed by atoms with Crippen molar-refractivity contribution in [2.24, 2.45) is 0 Å². The Bertz CT molecular complexity index is 687. The first-order chi connectivity index (χ1) is 11.2. The molecule has 23 heavy (non-hydrogen) atoms. The minimum atomic E-state index is -0.0297. The molecule has 1 N–H and O–H groups in total. The molecule has 2 aromatic heterocycles. The summed E-state index contributed by atoms with van der Waals surface area (Å²) in [6, 6.07) is 0. The molecule has 1 amide bonds. The molecule has 1 saturated heterocycles. The minimum Gasteiger partial charge on any atom is -0.357 e. The number of amides is 1. The van der Waals surface area contributed by atoms with Crippen LogP contribution in [-0.2, 0) is 0 Å². The van der Waals surface area contributed by atoms with Crippen molar-refractivity contribution in [2.75, 3.05) is 25.5 Å². The van der Waals surface area contributed by atoms with Crippen LogP contribution in [0.25, 0.3) is 0 Å². The van der Waals surface area contributed by atoms with Crippen molar-refractivity contribution >= 4 is 11.9 Å². The molecule has 0 radical (unpaired) electrons. The van der Waals surface area contributed by atoms with Crippen LogP contribution in [0.2, 0.25) is 0 Å². The normalized spacial score (nSPS) is 17.8. The summed E-state index contributed by atoms with van der Waals surface area (Å²) in [5.74, 6) is 0.712. The second-order valence-electron chi connectivity index (χ2n) is 5.72. The lowest BCUT2D eigenvalue weighted by Crippen LogP contribution is -2.39. The number of likely N-dealkylation sites (tertiary alicyclic amines) is 1. The van der Waals surface area contributed by atoms with Crippen molar-refractivity contribution in [3.8, 4) is 0 Å². The highest BCUT2D eigenvalue weighted by atomic mass is 16.2. The SMILES string of the molecule is CNc1ncc(C(=O)N2CCCC(c3cncc(C)n3)C2)cn1. The van der Waals surface area contributed by atoms with Gasteiger partial charge < -0.3 is 10.2 Å². The Hall–Kier alpha value is -2.57. The molecule has 7 nitrogen and oxygen atoms in total. The minimum absolute atomic E-state index is 0.0297. The third kappa shape index (κ3) is 3.44. The number of aromatic nitrogens is 4. The number of carbonyl (C=O) groups excluding carboxylic acids is 1. The maximum atomic E-state index is 12.6. The van der Waals surface area contributed by atoms with Crippen molar-refractivity contribution in [1.29, 1.82) is 0 Å². The van der Waals surface area contributed by atoms with Crippen molar-refractivity contribution in [3.63, 3.8) is 0 Å². The first-order valence-electron chi connectivity index (χ1n) is 7.75. The number of hydrogen-bond donors (Lipinski definition) is 1. The van der Waals surface area contributed by atoms with Gasteiger partial charge in [0, 0.05) is 50.8 Å². The maximum absolute atomic E-state index is 12.6. The Morgan fingerprint density at radius 2 is 2.04 bits per heavy atom. The Morgan fingerprint density at radius 3 is 2.74 bits per heavy atom. The average molecular weight is 312 g/mol. The van der Waals surface area contributed by atoms with Gasteiger partial charge in [-0.1, -0.05) is 0 Å². The number of anilines is 1. The maximum Gasteiger partial charge on any atom is 0.257 e. The van der Waals surface area contributed by atoms with Gasteiger partial charge in [0.2, 0.25) is 5.95 Å². The zero-order chi connectivity index (χ0) is 16.2. The third-order valence-electron chi connectivity index (χ3n) is 4.02. The number of hydrogen-bond acceptors (Lipinski definition) is 6. The lowest BCUT2D eigenvalue weighted by atomic mass is 9.94. The zero-order valence-electron chi connectivity index (χ0n) is 13.4. The highest BCUT2D eigenvalue weighted by Gasteiger charge is 2.26. The number of rotatable bonds is 3. The number of carbonyl (C=O) groups is 1. The molecule has 1 aliphatic heterocycles. The van der Waals surface area contributed by atoms with Gasteiger partial charge >= 0.3 is 0 Å². The molecule has 1 unspecified atom stereocenters. The van der Waals surface area contributed by atoms with Crippen LogP contribution >= 0.6 is 0 Å². The van der Waals surface area contributed by atoms with Crippen molar-refractivity contribution < 1.29 is 4.79 Å². The zero-order valence-corrected chi connectivity index (χ0v) is 13.4. The van der Waals surface area contributed by atoms with Gasteiger partial charge in [-0.3, -0.25) is 14.8 Å². The number of piperidine rings is 1. The second-order valence-corrected chi connectivity index (χ2v) is 5.72. The second kappa shape index (κ2) is 6.68. The van der Waals surface area contributed by atoms with Crippen LogP contribution in [0.5, 0.6) is 0 Å². The monoisotopic (exact) mass is 312 g/mol. The molecular formula is C16H20N6O. The summed E-state index contributed by atoms with van der Waals surface area (Å²) in [5.41, 5.74) is 2.38. The highest BCUT2D eigenvalue weighted by molar-refractivity contribution is 5.93. The van der Waals surface area contributed by atoms with Gasteiger partial charge in [0.1, 0.15) is 0 Å². The molecule has 0 aliphatic carbocycles. The largest absolute Gasteiger partial charge is 0.357 e. The van der Waals surface area contributed by atoms with Crippen LogP contribution in [0.15, 0.2) is 24.8 Å². The van der Waals surface area contributed by atoms with E-state index in [1.54, 1.807) is 31.8 Å². The first-order valence-corrected chi connectivity index (χ1v) is 7.75. The van der Waals surface area contributed by atoms with E-state index in [0.29, 0.717) is 18.1 Å². The number of nitrogens with one attached hydrogen (secondary N) is 1. The first kappa shape index (κ1) is 15.3. The van der Waals surface area contributed by atoms with Crippen LogP contribution in [-0.4, -0.2) is 50.9 Å². The summed E-state index contributed by atoms with van der Waals surface area (Å²) in [6.45, 7) is 3.34. The van der Waals surface area contributed by atoms with E-state index in [9.17, 15) is 4.79 Å². The molecule has 0 aromatic carbocycles. The molecule has 0 saturated carbocycles. The third-order valence-corrected chi connectivity index (χ3v) is 4.02. The van der Waals surface area contributed by atoms with Crippen molar-refractivity contribution in [3.05, 3.63) is 41.7 Å². The number of nitrogens with zero attached hydrogens (tertiary/aromatic N) is 5. The smallest absolute Gasteiger partial charge is 0.257 e. The molecule has 1 fully saturated rings. The van der Waals surface area contributed by atoms with Crippen LogP contribution < -0.4 is 5.32 Å². The highest BCUT2D eigenvalue weighted by Crippen LogP contribution is 2.26. The van der Waals surface area contributed by atoms with E-state index in [1.165, 1.54) is 0 Å². The van der Waals surface area contributed by atoms with Gasteiger partial charge in [0.05, 0.1) is 17.0 Å². The van der Waals surface area contributed by atoms with E-state index in [-0.39, 0.29) is 11.8 Å². The molecule has 3 rings (SSSR count). The van der Waals surface area contributed by atoms with Crippen LogP contribution in [0, 0.1) is 6.92 Å². The molecule has 120 valence electrons. The molecule has 0 bridgehead atoms. The predicted octanol–water partition coefficient (Wildman–Crippen LogP) is 1.64. The summed E-state index contributed by atoms with van der Waals surface area (Å²) in [7, 11) is 1.74. The molecule has 1 aliphatic rings. The van der Waals surface area contributed by atoms with Gasteiger partial charge in [0.15, 0.2) is 0 Å². The lowest BCUT2D eigenvalue weighted by Gasteiger charge is -2.32. The Kier molecular flexibility index (Phi) is 4.45. The van der Waals surface area contributed by atoms with Gasteiger partial charge in [0.25, 0.3) is 5.91 Å². The predicted molar refractivity (Wildman–Crippen MR) is 86.2 cm³/mol. The van der Waals surface area contributed by atoms with E-state index < -0.39 is 0 Å². The summed E-state index contributed by atoms with van der Waals surface area (Å²) in [5, 5.41) is 2.84. The van der Waals surface area contributed by atoms with E-state index in [0.717, 1.165) is 30.8 Å². The van der Waals surface area contributed by atoms with E-state index >= 15 is 0 Å². The van der Waals surface area contributed by atoms with Crippen LogP contribution in [0.3, 0.4) is 0 Å². The van der Waals surface area contributed by atoms with E-state index in [4.69, 9.17) is 0 Å². The molecule has 2 aromatic rings. The summed E-state index contributed by atoms with van der Waals surface area (Å²) in [4.78, 5) is 31.5. The lowest BCUT2D eigenvalue weighted by molar-refractivity contribution is 0.0705. The quantitative estimate of drug-likeness (QED) is 0.927. The van der Waals surface area contributed by atoms with Crippen molar-refractivity contribution in [1.82, 2.24) is 24.8 Å². The molecule has 1 atom stereocenters. The average Bonchev–Trinajstić information content (AvgIpc) is 2.61.